The predicted octanol–water partition coefficient (Wildman–Crippen LogP) is 3.66. The molecular weight excluding hydrogens is 416 g/mol. The van der Waals surface area contributed by atoms with Crippen LogP contribution in [0.3, 0.4) is 0 Å². The second kappa shape index (κ2) is 8.20. The summed E-state index contributed by atoms with van der Waals surface area (Å²) in [5.41, 5.74) is 1.20. The third-order valence-electron chi connectivity index (χ3n) is 5.59. The number of aromatic nitrogens is 3. The highest BCUT2D eigenvalue weighted by Crippen LogP contribution is 2.24. The van der Waals surface area contributed by atoms with Crippen molar-refractivity contribution in [3.63, 3.8) is 0 Å². The Kier molecular flexibility index (Phi) is 5.06. The number of hydrogen-bond donors (Lipinski definition) is 1. The van der Waals surface area contributed by atoms with Crippen LogP contribution in [-0.4, -0.2) is 25.5 Å². The van der Waals surface area contributed by atoms with Crippen LogP contribution in [0.25, 0.3) is 21.7 Å². The largest absolute Gasteiger partial charge is 0.494 e. The molecule has 7 nitrogen and oxygen atoms in total. The van der Waals surface area contributed by atoms with Crippen LogP contribution in [0.2, 0.25) is 0 Å². The molecular formula is C26H20N4O3. The van der Waals surface area contributed by atoms with Crippen LogP contribution >= 0.6 is 0 Å². The molecule has 0 spiro atoms. The van der Waals surface area contributed by atoms with Crippen LogP contribution in [-0.2, 0) is 6.54 Å². The monoisotopic (exact) mass is 436 g/mol. The van der Waals surface area contributed by atoms with Crippen molar-refractivity contribution in [3.05, 3.63) is 117 Å². The molecule has 0 bridgehead atoms. The highest BCUT2D eigenvalue weighted by Gasteiger charge is 2.16. The van der Waals surface area contributed by atoms with Crippen LogP contribution in [0.5, 0.6) is 5.88 Å². The summed E-state index contributed by atoms with van der Waals surface area (Å²) < 4.78 is 2.51. The Bertz CT molecular complexity index is 1650. The minimum atomic E-state index is -0.309. The summed E-state index contributed by atoms with van der Waals surface area (Å²) in [6.45, 7) is 1.90. The SMILES string of the molecule is Cc1nc2ccccc2c(=O)n1/N=C/c1c(O)n(Cc2ccccc2)c(=O)c2ccccc12. The third kappa shape index (κ3) is 3.59. The Balaban J connectivity index is 1.70. The summed E-state index contributed by atoms with van der Waals surface area (Å²) in [6, 6.07) is 23.5. The molecule has 0 amide bonds. The van der Waals surface area contributed by atoms with Crippen molar-refractivity contribution in [2.45, 2.75) is 13.5 Å². The van der Waals surface area contributed by atoms with E-state index in [0.717, 1.165) is 5.56 Å². The van der Waals surface area contributed by atoms with Gasteiger partial charge >= 0.3 is 0 Å². The van der Waals surface area contributed by atoms with Crippen molar-refractivity contribution in [2.75, 3.05) is 0 Å². The lowest BCUT2D eigenvalue weighted by Gasteiger charge is -2.14. The lowest BCUT2D eigenvalue weighted by molar-refractivity contribution is 0.416. The summed E-state index contributed by atoms with van der Waals surface area (Å²) >= 11 is 0. The summed E-state index contributed by atoms with van der Waals surface area (Å²) in [6.07, 6.45) is 1.41. The van der Waals surface area contributed by atoms with Gasteiger partial charge in [-0.2, -0.15) is 9.78 Å². The highest BCUT2D eigenvalue weighted by atomic mass is 16.3. The number of fused-ring (bicyclic) bond motifs is 2. The molecule has 1 N–H and O–H groups in total. The highest BCUT2D eigenvalue weighted by molar-refractivity contribution is 6.01. The zero-order valence-electron chi connectivity index (χ0n) is 17.8. The Morgan fingerprint density at radius 1 is 0.848 bits per heavy atom. The molecule has 33 heavy (non-hydrogen) atoms. The molecule has 0 aliphatic carbocycles. The summed E-state index contributed by atoms with van der Waals surface area (Å²) in [7, 11) is 0. The van der Waals surface area contributed by atoms with Crippen molar-refractivity contribution in [2.24, 2.45) is 5.10 Å². The second-order valence-corrected chi connectivity index (χ2v) is 7.70. The van der Waals surface area contributed by atoms with Gasteiger partial charge in [-0.25, -0.2) is 4.98 Å². The zero-order valence-corrected chi connectivity index (χ0v) is 17.8. The number of hydrogen-bond acceptors (Lipinski definition) is 5. The Morgan fingerprint density at radius 2 is 1.48 bits per heavy atom. The third-order valence-corrected chi connectivity index (χ3v) is 5.59. The van der Waals surface area contributed by atoms with Crippen LogP contribution in [0, 0.1) is 6.92 Å². The summed E-state index contributed by atoms with van der Waals surface area (Å²) in [4.78, 5) is 30.6. The molecule has 0 radical (unpaired) electrons. The maximum absolute atomic E-state index is 13.1. The van der Waals surface area contributed by atoms with Gasteiger partial charge in [0, 0.05) is 10.8 Å². The molecule has 0 aliphatic rings. The van der Waals surface area contributed by atoms with Gasteiger partial charge in [0.25, 0.3) is 11.1 Å². The van der Waals surface area contributed by atoms with Gasteiger partial charge in [0.05, 0.1) is 29.2 Å². The van der Waals surface area contributed by atoms with E-state index >= 15 is 0 Å². The smallest absolute Gasteiger partial charge is 0.282 e. The number of nitrogens with zero attached hydrogens (tertiary/aromatic N) is 4. The molecule has 0 aliphatic heterocycles. The summed E-state index contributed by atoms with van der Waals surface area (Å²) in [5.74, 6) is 0.196. The maximum Gasteiger partial charge on any atom is 0.282 e. The van der Waals surface area contributed by atoms with Crippen molar-refractivity contribution in [1.29, 1.82) is 0 Å². The first-order chi connectivity index (χ1) is 16.0. The van der Waals surface area contributed by atoms with Crippen molar-refractivity contribution in [3.8, 4) is 5.88 Å². The van der Waals surface area contributed by atoms with Gasteiger partial charge in [-0.05, 0) is 30.7 Å². The normalized spacial score (nSPS) is 11.5. The molecule has 0 fully saturated rings. The number of rotatable bonds is 4. The molecule has 2 heterocycles. The van der Waals surface area contributed by atoms with E-state index < -0.39 is 0 Å². The number of benzene rings is 3. The Labute approximate surface area is 188 Å². The second-order valence-electron chi connectivity index (χ2n) is 7.70. The molecule has 162 valence electrons. The van der Waals surface area contributed by atoms with E-state index in [1.165, 1.54) is 15.5 Å². The van der Waals surface area contributed by atoms with E-state index in [4.69, 9.17) is 0 Å². The molecule has 5 aromatic rings. The van der Waals surface area contributed by atoms with E-state index in [1.54, 1.807) is 49.4 Å². The first kappa shape index (κ1) is 20.4. The number of pyridine rings is 1. The molecule has 0 atom stereocenters. The predicted molar refractivity (Wildman–Crippen MR) is 129 cm³/mol. The minimum absolute atomic E-state index is 0.202. The van der Waals surface area contributed by atoms with Crippen LogP contribution in [0.4, 0.5) is 0 Å². The molecule has 0 saturated heterocycles. The van der Waals surface area contributed by atoms with Crippen LogP contribution in [0.1, 0.15) is 17.0 Å². The lowest BCUT2D eigenvalue weighted by atomic mass is 10.1. The fraction of sp³-hybridized carbons (Fsp3) is 0.0769. The standard InChI is InChI=1S/C26H20N4O3/c1-17-28-23-14-8-7-13-21(23)26(33)30(17)27-15-22-19-11-5-6-12-20(19)24(31)29(25(22)32)16-18-9-3-2-4-10-18/h2-15,32H,16H2,1H3/b27-15+. The molecule has 2 aromatic heterocycles. The van der Waals surface area contributed by atoms with Gasteiger partial charge < -0.3 is 5.11 Å². The van der Waals surface area contributed by atoms with Crippen molar-refractivity contribution < 1.29 is 5.11 Å². The van der Waals surface area contributed by atoms with E-state index in [2.05, 4.69) is 10.1 Å². The molecule has 3 aromatic carbocycles. The Morgan fingerprint density at radius 3 is 2.24 bits per heavy atom. The van der Waals surface area contributed by atoms with Crippen molar-refractivity contribution >= 4 is 27.9 Å². The zero-order chi connectivity index (χ0) is 22.9. The van der Waals surface area contributed by atoms with E-state index in [-0.39, 0.29) is 23.5 Å². The first-order valence-electron chi connectivity index (χ1n) is 10.5. The van der Waals surface area contributed by atoms with E-state index in [1.807, 2.05) is 36.4 Å². The van der Waals surface area contributed by atoms with Gasteiger partial charge in [0.15, 0.2) is 0 Å². The minimum Gasteiger partial charge on any atom is -0.494 e. The fourth-order valence-electron chi connectivity index (χ4n) is 3.94. The van der Waals surface area contributed by atoms with Gasteiger partial charge in [-0.3, -0.25) is 14.2 Å². The topological polar surface area (TPSA) is 89.5 Å². The fourth-order valence-corrected chi connectivity index (χ4v) is 3.94. The maximum atomic E-state index is 13.1. The number of para-hydroxylation sites is 1. The summed E-state index contributed by atoms with van der Waals surface area (Å²) in [5, 5.41) is 16.9. The molecule has 5 rings (SSSR count). The van der Waals surface area contributed by atoms with Gasteiger partial charge in [0.2, 0.25) is 5.88 Å². The van der Waals surface area contributed by atoms with Gasteiger partial charge in [-0.1, -0.05) is 60.7 Å². The van der Waals surface area contributed by atoms with Crippen LogP contribution < -0.4 is 11.1 Å². The lowest BCUT2D eigenvalue weighted by Crippen LogP contribution is -2.23. The van der Waals surface area contributed by atoms with Gasteiger partial charge in [0.1, 0.15) is 5.82 Å². The number of aromatic hydroxyl groups is 1. The quantitative estimate of drug-likeness (QED) is 0.436. The average Bonchev–Trinajstić information content (AvgIpc) is 2.84. The molecule has 7 heteroatoms. The molecule has 0 unspecified atom stereocenters. The van der Waals surface area contributed by atoms with E-state index in [0.29, 0.717) is 33.1 Å². The van der Waals surface area contributed by atoms with Crippen molar-refractivity contribution in [1.82, 2.24) is 14.2 Å². The van der Waals surface area contributed by atoms with E-state index in [9.17, 15) is 14.7 Å². The average molecular weight is 436 g/mol. The Hall–Kier alpha value is -4.52. The first-order valence-corrected chi connectivity index (χ1v) is 10.5. The van der Waals surface area contributed by atoms with Gasteiger partial charge in [-0.15, -0.1) is 0 Å². The number of aryl methyl sites for hydroxylation is 1. The van der Waals surface area contributed by atoms with Crippen LogP contribution in [0.15, 0.2) is 93.6 Å². The molecule has 0 saturated carbocycles.